The van der Waals surface area contributed by atoms with Crippen LogP contribution in [0.1, 0.15) is 85.1 Å². The van der Waals surface area contributed by atoms with E-state index in [1.54, 1.807) is 12.3 Å². The fourth-order valence-electron chi connectivity index (χ4n) is 5.29. The number of amides is 2. The summed E-state index contributed by atoms with van der Waals surface area (Å²) in [5, 5.41) is 9.96. The lowest BCUT2D eigenvalue weighted by atomic mass is 9.81. The molecular weight excluding hydrogens is 552 g/mol. The normalized spacial score (nSPS) is 19.1. The number of nitrogens with one attached hydrogen (secondary N) is 2. The molecule has 2 atom stereocenters. The summed E-state index contributed by atoms with van der Waals surface area (Å²) >= 11 is 0. The van der Waals surface area contributed by atoms with Crippen molar-refractivity contribution in [1.29, 1.82) is 0 Å². The first-order chi connectivity index (χ1) is 19.4. The molecule has 0 radical (unpaired) electrons. The number of carbonyl (C=O) groups is 2. The van der Waals surface area contributed by atoms with Gasteiger partial charge in [0, 0.05) is 24.8 Å². The summed E-state index contributed by atoms with van der Waals surface area (Å²) in [7, 11) is 0. The summed E-state index contributed by atoms with van der Waals surface area (Å²) in [6.45, 7) is 0. The molecule has 2 aromatic heterocycles. The van der Waals surface area contributed by atoms with Crippen LogP contribution in [0.5, 0.6) is 0 Å². The average molecular weight is 582 g/mol. The van der Waals surface area contributed by atoms with Gasteiger partial charge < -0.3 is 10.6 Å². The third kappa shape index (κ3) is 7.36. The van der Waals surface area contributed by atoms with Gasteiger partial charge in [0.15, 0.2) is 5.65 Å². The van der Waals surface area contributed by atoms with Crippen LogP contribution in [0.25, 0.3) is 5.65 Å². The third-order valence-corrected chi connectivity index (χ3v) is 7.71. The van der Waals surface area contributed by atoms with Crippen molar-refractivity contribution in [1.82, 2.24) is 25.2 Å². The topological polar surface area (TPSA) is 88.4 Å². The number of alkyl halides is 5. The van der Waals surface area contributed by atoms with E-state index < -0.39 is 54.7 Å². The predicted octanol–water partition coefficient (Wildman–Crippen LogP) is 6.07. The van der Waals surface area contributed by atoms with Gasteiger partial charge in [0.1, 0.15) is 5.82 Å². The Morgan fingerprint density at radius 1 is 1.00 bits per heavy atom. The number of hydrogen-bond donors (Lipinski definition) is 2. The fourth-order valence-corrected chi connectivity index (χ4v) is 5.29. The van der Waals surface area contributed by atoms with Crippen LogP contribution in [-0.4, -0.2) is 38.5 Å². The van der Waals surface area contributed by atoms with Gasteiger partial charge in [-0.05, 0) is 73.4 Å². The first-order valence-corrected chi connectivity index (χ1v) is 13.5. The zero-order chi connectivity index (χ0) is 29.4. The molecule has 41 heavy (non-hydrogen) atoms. The number of imidazole rings is 1. The van der Waals surface area contributed by atoms with Crippen molar-refractivity contribution >= 4 is 17.5 Å². The van der Waals surface area contributed by atoms with E-state index in [1.807, 2.05) is 0 Å². The van der Waals surface area contributed by atoms with E-state index in [9.17, 15) is 35.9 Å². The van der Waals surface area contributed by atoms with Crippen molar-refractivity contribution in [3.8, 4) is 0 Å². The third-order valence-electron chi connectivity index (χ3n) is 7.71. The summed E-state index contributed by atoms with van der Waals surface area (Å²) in [6, 6.07) is 5.39. The van der Waals surface area contributed by atoms with Crippen molar-refractivity contribution in [3.05, 3.63) is 65.4 Å². The molecule has 2 saturated carbocycles. The molecule has 2 N–H and O–H groups in total. The van der Waals surface area contributed by atoms with E-state index in [1.165, 1.54) is 22.8 Å². The van der Waals surface area contributed by atoms with Crippen LogP contribution in [0.2, 0.25) is 0 Å². The molecule has 2 aliphatic carbocycles. The van der Waals surface area contributed by atoms with Gasteiger partial charge in [-0.25, -0.2) is 22.7 Å². The second-order valence-electron chi connectivity index (χ2n) is 10.9. The highest BCUT2D eigenvalue weighted by Crippen LogP contribution is 2.43. The van der Waals surface area contributed by atoms with Crippen LogP contribution in [-0.2, 0) is 4.79 Å². The van der Waals surface area contributed by atoms with Gasteiger partial charge in [-0.3, -0.25) is 9.59 Å². The minimum Gasteiger partial charge on any atom is -0.349 e. The highest BCUT2D eigenvalue weighted by molar-refractivity contribution is 5.94. The molecule has 1 aromatic carbocycles. The summed E-state index contributed by atoms with van der Waals surface area (Å²) in [5.74, 6) is -4.77. The molecule has 0 saturated heterocycles. The number of halogens is 6. The van der Waals surface area contributed by atoms with Crippen molar-refractivity contribution in [2.24, 2.45) is 11.8 Å². The van der Waals surface area contributed by atoms with Crippen LogP contribution in [0, 0.1) is 17.7 Å². The SMILES string of the molecule is O=C(CCC(F)(F)F)N[C@@H](c1cnn2cc([C@@H](NC(=O)c3ccc(F)cc3)C3CCC(F)(F)CC3)nc2c1)C1CC1. The fraction of sp³-hybridized carbons (Fsp3) is 0.500. The number of rotatable bonds is 9. The van der Waals surface area contributed by atoms with Crippen molar-refractivity contribution in [2.45, 2.75) is 75.5 Å². The minimum atomic E-state index is -4.43. The molecule has 2 heterocycles. The van der Waals surface area contributed by atoms with E-state index in [4.69, 9.17) is 0 Å². The van der Waals surface area contributed by atoms with Crippen molar-refractivity contribution in [2.75, 3.05) is 0 Å². The van der Waals surface area contributed by atoms with Gasteiger partial charge in [-0.15, -0.1) is 0 Å². The molecule has 0 aliphatic heterocycles. The molecule has 0 unspecified atom stereocenters. The molecule has 3 aromatic rings. The molecule has 220 valence electrons. The van der Waals surface area contributed by atoms with Gasteiger partial charge in [0.25, 0.3) is 5.91 Å². The quantitative estimate of drug-likeness (QED) is 0.300. The second-order valence-corrected chi connectivity index (χ2v) is 10.9. The summed E-state index contributed by atoms with van der Waals surface area (Å²) in [6.07, 6.45) is -1.95. The lowest BCUT2D eigenvalue weighted by molar-refractivity contribution is -0.144. The Hall–Kier alpha value is -3.64. The standard InChI is InChI=1S/C28H29F6N5O2/c29-20-5-3-18(4-6-20)26(41)38-25(17-7-10-27(30,31)11-8-17)21-15-39-22(36-21)13-19(14-35-39)24(16-1-2-16)37-23(40)9-12-28(32,33)34/h3-6,13-17,24-25H,1-2,7-12H2,(H,37,40)(H,38,41)/t24-,25+/m1/s1. The maximum atomic E-state index is 13.9. The molecule has 13 heteroatoms. The average Bonchev–Trinajstić information content (AvgIpc) is 3.67. The molecule has 2 fully saturated rings. The van der Waals surface area contributed by atoms with Crippen LogP contribution in [0.4, 0.5) is 26.3 Å². The van der Waals surface area contributed by atoms with Gasteiger partial charge in [0.2, 0.25) is 11.8 Å². The minimum absolute atomic E-state index is 0.0650. The largest absolute Gasteiger partial charge is 0.389 e. The van der Waals surface area contributed by atoms with Crippen molar-refractivity contribution < 1.29 is 35.9 Å². The summed E-state index contributed by atoms with van der Waals surface area (Å²) in [4.78, 5) is 29.9. The zero-order valence-corrected chi connectivity index (χ0v) is 21.9. The van der Waals surface area contributed by atoms with Gasteiger partial charge >= 0.3 is 6.18 Å². The Labute approximate surface area is 231 Å². The van der Waals surface area contributed by atoms with Gasteiger partial charge in [0.05, 0.1) is 36.6 Å². The lowest BCUT2D eigenvalue weighted by Gasteiger charge is -2.33. The molecule has 7 nitrogen and oxygen atoms in total. The Bertz CT molecular complexity index is 1390. The van der Waals surface area contributed by atoms with Gasteiger partial charge in [-0.1, -0.05) is 0 Å². The summed E-state index contributed by atoms with van der Waals surface area (Å²) in [5.41, 5.74) is 1.56. The van der Waals surface area contributed by atoms with Crippen LogP contribution < -0.4 is 10.6 Å². The number of carbonyl (C=O) groups excluding carboxylic acids is 2. The molecular formula is C28H29F6N5O2. The highest BCUT2D eigenvalue weighted by Gasteiger charge is 2.40. The van der Waals surface area contributed by atoms with E-state index in [0.29, 0.717) is 16.9 Å². The Balaban J connectivity index is 1.39. The Morgan fingerprint density at radius 2 is 1.66 bits per heavy atom. The molecule has 2 aliphatic rings. The van der Waals surface area contributed by atoms with E-state index in [0.717, 1.165) is 25.0 Å². The molecule has 5 rings (SSSR count). The zero-order valence-electron chi connectivity index (χ0n) is 21.9. The number of nitrogens with zero attached hydrogens (tertiary/aromatic N) is 3. The number of fused-ring (bicyclic) bond motifs is 1. The molecule has 2 amide bonds. The number of benzene rings is 1. The van der Waals surface area contributed by atoms with E-state index >= 15 is 0 Å². The van der Waals surface area contributed by atoms with Crippen LogP contribution >= 0.6 is 0 Å². The highest BCUT2D eigenvalue weighted by atomic mass is 19.4. The van der Waals surface area contributed by atoms with Gasteiger partial charge in [-0.2, -0.15) is 18.3 Å². The van der Waals surface area contributed by atoms with Crippen LogP contribution in [0.3, 0.4) is 0 Å². The molecule has 0 spiro atoms. The Morgan fingerprint density at radius 3 is 2.29 bits per heavy atom. The maximum Gasteiger partial charge on any atom is 0.389 e. The first kappa shape index (κ1) is 28.9. The smallest absolute Gasteiger partial charge is 0.349 e. The second kappa shape index (κ2) is 11.3. The molecule has 0 bridgehead atoms. The maximum absolute atomic E-state index is 13.9. The Kier molecular flexibility index (Phi) is 7.97. The number of hydrogen-bond acceptors (Lipinski definition) is 4. The number of aromatic nitrogens is 3. The van der Waals surface area contributed by atoms with E-state index in [-0.39, 0.29) is 43.1 Å². The lowest BCUT2D eigenvalue weighted by Crippen LogP contribution is -2.37. The first-order valence-electron chi connectivity index (χ1n) is 13.5. The van der Waals surface area contributed by atoms with Crippen molar-refractivity contribution in [3.63, 3.8) is 0 Å². The summed E-state index contributed by atoms with van der Waals surface area (Å²) < 4.78 is 80.4. The van der Waals surface area contributed by atoms with Crippen LogP contribution in [0.15, 0.2) is 42.7 Å². The predicted molar refractivity (Wildman–Crippen MR) is 135 cm³/mol. The van der Waals surface area contributed by atoms with E-state index in [2.05, 4.69) is 20.7 Å². The monoisotopic (exact) mass is 581 g/mol.